The van der Waals surface area contributed by atoms with Crippen LogP contribution in [0.5, 0.6) is 0 Å². The highest BCUT2D eigenvalue weighted by molar-refractivity contribution is 6.07. The summed E-state index contributed by atoms with van der Waals surface area (Å²) in [6.45, 7) is 8.90. The smallest absolute Gasteiger partial charge is 0.366 e. The van der Waals surface area contributed by atoms with Crippen molar-refractivity contribution in [2.24, 2.45) is 0 Å². The molecule has 8 heteroatoms. The molecule has 7 rings (SSSR count). The molecule has 2 aliphatic heterocycles. The Bertz CT molecular complexity index is 1950. The molecule has 0 saturated carbocycles. The van der Waals surface area contributed by atoms with Crippen molar-refractivity contribution >= 4 is 17.3 Å². The standard InChI is InChI=1S/C39H36F3N4O/c1-26-10-8-12-31(22-26)45-21-20-44(24-28(45)3)37-36-16-9-19-43(36)25-30-11-4-7-15-35(30)46(37)38(47)29-17-18-32(27(2)23-29)33-13-5-6-14-34(33)39(40,41)42/h4-18,22-23,28,37H,20-21,24-25H2,1-3H3. The van der Waals surface area contributed by atoms with Crippen LogP contribution >= 0.6 is 0 Å². The van der Waals surface area contributed by atoms with E-state index in [9.17, 15) is 18.0 Å². The molecule has 2 atom stereocenters. The second-order valence-corrected chi connectivity index (χ2v) is 12.6. The molecule has 0 spiro atoms. The molecule has 3 heterocycles. The van der Waals surface area contributed by atoms with E-state index >= 15 is 0 Å². The Morgan fingerprint density at radius 3 is 2.40 bits per heavy atom. The number of carbonyl (C=O) groups is 1. The monoisotopic (exact) mass is 633 g/mol. The van der Waals surface area contributed by atoms with Crippen molar-refractivity contribution in [1.29, 1.82) is 0 Å². The van der Waals surface area contributed by atoms with Gasteiger partial charge in [0.25, 0.3) is 5.91 Å². The number of aryl methyl sites for hydroxylation is 2. The molecule has 1 amide bonds. The number of amides is 1. The number of para-hydroxylation sites is 1. The Morgan fingerprint density at radius 1 is 0.851 bits per heavy atom. The van der Waals surface area contributed by atoms with Crippen LogP contribution in [0.25, 0.3) is 11.1 Å². The minimum atomic E-state index is -4.49. The molecule has 2 aliphatic rings. The van der Waals surface area contributed by atoms with Gasteiger partial charge in [-0.25, -0.2) is 0 Å². The zero-order valence-electron chi connectivity index (χ0n) is 26.6. The second kappa shape index (κ2) is 12.1. The lowest BCUT2D eigenvalue weighted by Gasteiger charge is -2.47. The van der Waals surface area contributed by atoms with Crippen molar-refractivity contribution in [3.05, 3.63) is 143 Å². The van der Waals surface area contributed by atoms with E-state index in [1.165, 1.54) is 23.4 Å². The van der Waals surface area contributed by atoms with Gasteiger partial charge in [-0.15, -0.1) is 0 Å². The normalized spacial score (nSPS) is 18.4. The number of fused-ring (bicyclic) bond motifs is 2. The third kappa shape index (κ3) is 5.71. The molecule has 1 radical (unpaired) electrons. The van der Waals surface area contributed by atoms with Gasteiger partial charge in [-0.05, 0) is 97.1 Å². The maximum absolute atomic E-state index is 14.8. The van der Waals surface area contributed by atoms with Gasteiger partial charge >= 0.3 is 6.18 Å². The summed E-state index contributed by atoms with van der Waals surface area (Å²) >= 11 is 0. The number of hydrogen-bond donors (Lipinski definition) is 0. The first-order valence-electron chi connectivity index (χ1n) is 15.9. The van der Waals surface area contributed by atoms with Crippen LogP contribution in [0.4, 0.5) is 24.5 Å². The lowest BCUT2D eigenvalue weighted by Crippen LogP contribution is -2.56. The Labute approximate surface area is 273 Å². The van der Waals surface area contributed by atoms with Gasteiger partial charge in [0.15, 0.2) is 0 Å². The zero-order valence-corrected chi connectivity index (χ0v) is 26.6. The molecule has 0 N–H and O–H groups in total. The van der Waals surface area contributed by atoms with E-state index in [1.807, 2.05) is 41.3 Å². The average molecular weight is 634 g/mol. The summed E-state index contributed by atoms with van der Waals surface area (Å²) in [5.41, 5.74) is 6.07. The molecule has 2 unspecified atom stereocenters. The molecule has 1 fully saturated rings. The van der Waals surface area contributed by atoms with Crippen molar-refractivity contribution in [2.75, 3.05) is 29.4 Å². The highest BCUT2D eigenvalue weighted by atomic mass is 19.4. The Hall–Kier alpha value is -4.82. The number of rotatable bonds is 4. The van der Waals surface area contributed by atoms with Crippen LogP contribution in [0.3, 0.4) is 0 Å². The third-order valence-corrected chi connectivity index (χ3v) is 9.44. The van der Waals surface area contributed by atoms with E-state index in [4.69, 9.17) is 0 Å². The number of benzene rings is 4. The highest BCUT2D eigenvalue weighted by Crippen LogP contribution is 2.41. The summed E-state index contributed by atoms with van der Waals surface area (Å²) in [7, 11) is 0. The first-order chi connectivity index (χ1) is 22.6. The van der Waals surface area contributed by atoms with Gasteiger partial charge in [0, 0.05) is 36.9 Å². The van der Waals surface area contributed by atoms with Gasteiger partial charge in [-0.2, -0.15) is 13.2 Å². The van der Waals surface area contributed by atoms with Gasteiger partial charge in [-0.1, -0.05) is 54.6 Å². The topological polar surface area (TPSA) is 31.7 Å². The number of piperazine rings is 1. The Kier molecular flexibility index (Phi) is 7.92. The molecule has 5 nitrogen and oxygen atoms in total. The fraction of sp³-hybridized carbons (Fsp3) is 0.256. The second-order valence-electron chi connectivity index (χ2n) is 12.6. The maximum atomic E-state index is 14.8. The molecule has 4 aromatic carbocycles. The molecular weight excluding hydrogens is 597 g/mol. The van der Waals surface area contributed by atoms with E-state index in [0.29, 0.717) is 23.2 Å². The van der Waals surface area contributed by atoms with Gasteiger partial charge in [-0.3, -0.25) is 14.6 Å². The maximum Gasteiger partial charge on any atom is 0.417 e. The molecule has 1 saturated heterocycles. The molecular formula is C39H36F3N4O. The lowest BCUT2D eigenvalue weighted by atomic mass is 9.94. The number of halogens is 3. The van der Waals surface area contributed by atoms with Crippen LogP contribution in [0.2, 0.25) is 0 Å². The van der Waals surface area contributed by atoms with Crippen LogP contribution < -0.4 is 9.80 Å². The van der Waals surface area contributed by atoms with Crippen molar-refractivity contribution in [3.8, 4) is 11.1 Å². The largest absolute Gasteiger partial charge is 0.417 e. The van der Waals surface area contributed by atoms with Crippen molar-refractivity contribution < 1.29 is 18.0 Å². The fourth-order valence-corrected chi connectivity index (χ4v) is 7.23. The number of hydrogen-bond acceptors (Lipinski definition) is 3. The summed E-state index contributed by atoms with van der Waals surface area (Å²) in [5.74, 6) is -0.204. The van der Waals surface area contributed by atoms with E-state index in [-0.39, 0.29) is 17.5 Å². The average Bonchev–Trinajstić information content (AvgIpc) is 3.45. The van der Waals surface area contributed by atoms with Crippen LogP contribution in [0.1, 0.15) is 51.4 Å². The van der Waals surface area contributed by atoms with E-state index in [1.54, 1.807) is 31.2 Å². The van der Waals surface area contributed by atoms with Crippen LogP contribution in [0, 0.1) is 20.0 Å². The number of alkyl halides is 3. The Balaban J connectivity index is 1.29. The van der Waals surface area contributed by atoms with Crippen molar-refractivity contribution in [2.45, 2.75) is 45.7 Å². The molecule has 1 aromatic heterocycles. The fourth-order valence-electron chi connectivity index (χ4n) is 7.23. The first kappa shape index (κ1) is 30.8. The number of carbonyl (C=O) groups excluding carboxylic acids is 1. The predicted octanol–water partition coefficient (Wildman–Crippen LogP) is 8.51. The quantitative estimate of drug-likeness (QED) is 0.199. The summed E-state index contributed by atoms with van der Waals surface area (Å²) < 4.78 is 43.8. The minimum Gasteiger partial charge on any atom is -0.366 e. The first-order valence-corrected chi connectivity index (χ1v) is 15.9. The van der Waals surface area contributed by atoms with Crippen molar-refractivity contribution in [1.82, 2.24) is 9.47 Å². The summed E-state index contributed by atoms with van der Waals surface area (Å²) in [4.78, 5) is 21.5. The number of aromatic nitrogens is 1. The van der Waals surface area contributed by atoms with E-state index in [2.05, 4.69) is 58.7 Å². The number of nitrogens with zero attached hydrogens (tertiary/aromatic N) is 4. The highest BCUT2D eigenvalue weighted by Gasteiger charge is 2.40. The Morgan fingerprint density at radius 2 is 1.64 bits per heavy atom. The van der Waals surface area contributed by atoms with Crippen molar-refractivity contribution in [3.63, 3.8) is 0 Å². The van der Waals surface area contributed by atoms with Gasteiger partial charge < -0.3 is 9.47 Å². The number of anilines is 2. The summed E-state index contributed by atoms with van der Waals surface area (Å²) in [6.07, 6.45) is -1.54. The summed E-state index contributed by atoms with van der Waals surface area (Å²) in [5, 5.41) is 0. The lowest BCUT2D eigenvalue weighted by molar-refractivity contribution is -0.137. The molecule has 239 valence electrons. The molecule has 5 aromatic rings. The van der Waals surface area contributed by atoms with Gasteiger partial charge in [0.05, 0.1) is 29.7 Å². The molecule has 0 aliphatic carbocycles. The third-order valence-electron chi connectivity index (χ3n) is 9.44. The van der Waals surface area contributed by atoms with Crippen LogP contribution in [-0.2, 0) is 12.7 Å². The minimum absolute atomic E-state index is 0.100. The van der Waals surface area contributed by atoms with Crippen LogP contribution in [0.15, 0.2) is 103 Å². The summed E-state index contributed by atoms with van der Waals surface area (Å²) in [6, 6.07) is 31.2. The zero-order chi connectivity index (χ0) is 32.9. The van der Waals surface area contributed by atoms with Gasteiger partial charge in [0.2, 0.25) is 0 Å². The molecule has 0 bridgehead atoms. The SMILES string of the molecule is Cc1cccc(N2CCN(C3c4cc[c]n4Cc4ccccc4N3C(=O)c3ccc(-c4ccccc4C(F)(F)F)c(C)c3)CC2C)c1. The predicted molar refractivity (Wildman–Crippen MR) is 180 cm³/mol. The molecule has 47 heavy (non-hydrogen) atoms. The van der Waals surface area contributed by atoms with Gasteiger partial charge in [0.1, 0.15) is 6.17 Å². The van der Waals surface area contributed by atoms with E-state index < -0.39 is 17.9 Å². The van der Waals surface area contributed by atoms with Crippen LogP contribution in [-0.4, -0.2) is 41.1 Å². The van der Waals surface area contributed by atoms with E-state index in [0.717, 1.165) is 42.6 Å².